The molecule has 3 heteroatoms. The van der Waals surface area contributed by atoms with Gasteiger partial charge in [0.1, 0.15) is 6.61 Å². The summed E-state index contributed by atoms with van der Waals surface area (Å²) in [7, 11) is 0. The second kappa shape index (κ2) is 3.26. The Morgan fingerprint density at radius 2 is 2.08 bits per heavy atom. The Bertz CT molecular complexity index is 296. The summed E-state index contributed by atoms with van der Waals surface area (Å²) >= 11 is 0. The largest absolute Gasteiger partial charge is 0.444 e. The van der Waals surface area contributed by atoms with Crippen LogP contribution in [0, 0.1) is 0 Å². The first-order chi connectivity index (χ1) is 5.36. The maximum atomic E-state index is 10.7. The lowest BCUT2D eigenvalue weighted by atomic mass is 10.2. The van der Waals surface area contributed by atoms with E-state index in [1.807, 2.05) is 24.3 Å². The molecule has 0 saturated heterocycles. The average molecular weight is 165 g/mol. The van der Waals surface area contributed by atoms with Gasteiger partial charge in [0.2, 0.25) is 0 Å². The molecule has 0 fully saturated rings. The van der Waals surface area contributed by atoms with Gasteiger partial charge in [0, 0.05) is 5.56 Å². The molecule has 1 amide bonds. The zero-order valence-corrected chi connectivity index (χ0v) is 5.83. The zero-order chi connectivity index (χ0) is 7.68. The van der Waals surface area contributed by atoms with E-state index in [-0.39, 0.29) is 13.5 Å². The van der Waals surface area contributed by atoms with Gasteiger partial charge >= 0.3 is 6.09 Å². The molecule has 1 N–H and O–H groups in total. The third-order valence-electron chi connectivity index (χ3n) is 1.61. The summed E-state index contributed by atoms with van der Waals surface area (Å²) in [5, 5.41) is 2.60. The van der Waals surface area contributed by atoms with E-state index in [1.54, 1.807) is 0 Å². The number of ether oxygens (including phenoxy) is 1. The fourth-order valence-corrected chi connectivity index (χ4v) is 1.06. The number of carbonyl (C=O) groups excluding carboxylic acids is 1. The summed E-state index contributed by atoms with van der Waals surface area (Å²) < 4.78 is 4.75. The molecule has 0 bridgehead atoms. The topological polar surface area (TPSA) is 38.3 Å². The molecule has 0 saturated carbocycles. The van der Waals surface area contributed by atoms with Gasteiger partial charge in [-0.2, -0.15) is 0 Å². The van der Waals surface area contributed by atoms with E-state index in [0.29, 0.717) is 6.61 Å². The number of anilines is 1. The number of fused-ring (bicyclic) bond motifs is 1. The van der Waals surface area contributed by atoms with Gasteiger partial charge in [0.15, 0.2) is 0 Å². The first-order valence-corrected chi connectivity index (χ1v) is 3.38. The fourth-order valence-electron chi connectivity index (χ4n) is 1.06. The maximum Gasteiger partial charge on any atom is 0.411 e. The van der Waals surface area contributed by atoms with Crippen LogP contribution in [-0.4, -0.2) is 6.09 Å². The number of amides is 1. The highest BCUT2D eigenvalue weighted by Gasteiger charge is 2.13. The van der Waals surface area contributed by atoms with E-state index >= 15 is 0 Å². The molecule has 0 spiro atoms. The number of carbonyl (C=O) groups is 1. The molecule has 1 aliphatic heterocycles. The van der Waals surface area contributed by atoms with Crippen LogP contribution in [0.3, 0.4) is 0 Å². The van der Waals surface area contributed by atoms with Gasteiger partial charge in [-0.15, -0.1) is 0 Å². The van der Waals surface area contributed by atoms with E-state index in [2.05, 4.69) is 5.32 Å². The van der Waals surface area contributed by atoms with Gasteiger partial charge in [-0.05, 0) is 6.07 Å². The number of nitrogens with one attached hydrogen (secondary N) is 1. The van der Waals surface area contributed by atoms with Crippen molar-refractivity contribution < 1.29 is 9.53 Å². The normalized spacial score (nSPS) is 13.5. The Balaban J connectivity index is 0.000000720. The van der Waals surface area contributed by atoms with Crippen molar-refractivity contribution in [1.29, 1.82) is 0 Å². The summed E-state index contributed by atoms with van der Waals surface area (Å²) in [4.78, 5) is 10.7. The molecule has 1 heterocycles. The number of benzene rings is 1. The SMILES string of the molecule is C.O=C1Nc2ccccc2CO1. The van der Waals surface area contributed by atoms with Crippen LogP contribution in [0.5, 0.6) is 0 Å². The van der Waals surface area contributed by atoms with Crippen molar-refractivity contribution in [2.24, 2.45) is 0 Å². The van der Waals surface area contributed by atoms with Crippen LogP contribution in [0.2, 0.25) is 0 Å². The molecule has 0 unspecified atom stereocenters. The molecule has 0 aromatic heterocycles. The van der Waals surface area contributed by atoms with E-state index in [4.69, 9.17) is 4.74 Å². The van der Waals surface area contributed by atoms with Crippen molar-refractivity contribution in [2.45, 2.75) is 14.0 Å². The van der Waals surface area contributed by atoms with E-state index in [9.17, 15) is 4.79 Å². The molecule has 0 aliphatic carbocycles. The summed E-state index contributed by atoms with van der Waals surface area (Å²) in [6.07, 6.45) is -0.372. The molecular weight excluding hydrogens is 154 g/mol. The van der Waals surface area contributed by atoms with Gasteiger partial charge in [-0.3, -0.25) is 5.32 Å². The van der Waals surface area contributed by atoms with Gasteiger partial charge in [0.25, 0.3) is 0 Å². The number of cyclic esters (lactones) is 1. The molecule has 1 aromatic carbocycles. The first-order valence-electron chi connectivity index (χ1n) is 3.38. The Labute approximate surface area is 71.4 Å². The average Bonchev–Trinajstić information content (AvgIpc) is 2.04. The minimum Gasteiger partial charge on any atom is -0.444 e. The van der Waals surface area contributed by atoms with Crippen molar-refractivity contribution in [3.63, 3.8) is 0 Å². The smallest absolute Gasteiger partial charge is 0.411 e. The zero-order valence-electron chi connectivity index (χ0n) is 5.83. The van der Waals surface area contributed by atoms with Gasteiger partial charge < -0.3 is 4.74 Å². The molecule has 64 valence electrons. The Hall–Kier alpha value is -1.51. The third kappa shape index (κ3) is 1.39. The second-order valence-electron chi connectivity index (χ2n) is 2.36. The van der Waals surface area contributed by atoms with E-state index in [1.165, 1.54) is 0 Å². The third-order valence-corrected chi connectivity index (χ3v) is 1.61. The number of hydrogen-bond donors (Lipinski definition) is 1. The predicted octanol–water partition coefficient (Wildman–Crippen LogP) is 2.38. The lowest BCUT2D eigenvalue weighted by Gasteiger charge is -2.16. The van der Waals surface area contributed by atoms with Crippen LogP contribution >= 0.6 is 0 Å². The van der Waals surface area contributed by atoms with Crippen molar-refractivity contribution in [3.05, 3.63) is 29.8 Å². The van der Waals surface area contributed by atoms with E-state index in [0.717, 1.165) is 11.3 Å². The summed E-state index contributed by atoms with van der Waals surface area (Å²) in [6, 6.07) is 7.58. The summed E-state index contributed by atoms with van der Waals surface area (Å²) in [5.74, 6) is 0. The fraction of sp³-hybridized carbons (Fsp3) is 0.222. The highest BCUT2D eigenvalue weighted by Crippen LogP contribution is 2.19. The van der Waals surface area contributed by atoms with Crippen molar-refractivity contribution in [1.82, 2.24) is 0 Å². The highest BCUT2D eigenvalue weighted by atomic mass is 16.5. The monoisotopic (exact) mass is 165 g/mol. The molecule has 1 aromatic rings. The quantitative estimate of drug-likeness (QED) is 0.641. The Morgan fingerprint density at radius 1 is 1.33 bits per heavy atom. The van der Waals surface area contributed by atoms with Crippen LogP contribution in [0.1, 0.15) is 13.0 Å². The van der Waals surface area contributed by atoms with Crippen molar-refractivity contribution >= 4 is 11.8 Å². The van der Waals surface area contributed by atoms with Crippen LogP contribution < -0.4 is 5.32 Å². The van der Waals surface area contributed by atoms with Crippen LogP contribution in [0.15, 0.2) is 24.3 Å². The minimum atomic E-state index is -0.372. The Morgan fingerprint density at radius 3 is 2.92 bits per heavy atom. The number of para-hydroxylation sites is 1. The van der Waals surface area contributed by atoms with Crippen molar-refractivity contribution in [3.8, 4) is 0 Å². The van der Waals surface area contributed by atoms with Crippen LogP contribution in [0.25, 0.3) is 0 Å². The lowest BCUT2D eigenvalue weighted by molar-refractivity contribution is 0.151. The second-order valence-corrected chi connectivity index (χ2v) is 2.36. The van der Waals surface area contributed by atoms with Gasteiger partial charge in [-0.25, -0.2) is 4.79 Å². The van der Waals surface area contributed by atoms with Gasteiger partial charge in [-0.1, -0.05) is 25.6 Å². The van der Waals surface area contributed by atoms with Crippen LogP contribution in [-0.2, 0) is 11.3 Å². The molecule has 3 nitrogen and oxygen atoms in total. The molecule has 1 aliphatic rings. The lowest BCUT2D eigenvalue weighted by Crippen LogP contribution is -2.19. The Kier molecular flexibility index (Phi) is 2.33. The number of hydrogen-bond acceptors (Lipinski definition) is 2. The standard InChI is InChI=1S/C8H7NO2.CH4/c10-8-9-7-4-2-1-3-6(7)5-11-8;/h1-4H,5H2,(H,9,10);1H4. The minimum absolute atomic E-state index is 0. The van der Waals surface area contributed by atoms with Crippen molar-refractivity contribution in [2.75, 3.05) is 5.32 Å². The predicted molar refractivity (Wildman–Crippen MR) is 47.0 cm³/mol. The summed E-state index contributed by atoms with van der Waals surface area (Å²) in [6.45, 7) is 0.377. The molecule has 12 heavy (non-hydrogen) atoms. The molecule has 0 atom stereocenters. The summed E-state index contributed by atoms with van der Waals surface area (Å²) in [5.41, 5.74) is 1.87. The first kappa shape index (κ1) is 8.59. The molecular formula is C9H11NO2. The molecule has 2 rings (SSSR count). The van der Waals surface area contributed by atoms with E-state index < -0.39 is 0 Å². The maximum absolute atomic E-state index is 10.7. The van der Waals surface area contributed by atoms with Crippen LogP contribution in [0.4, 0.5) is 10.5 Å². The molecule has 0 radical (unpaired) electrons. The highest BCUT2D eigenvalue weighted by molar-refractivity contribution is 5.87. The number of rotatable bonds is 0. The van der Waals surface area contributed by atoms with Gasteiger partial charge in [0.05, 0.1) is 5.69 Å².